The van der Waals surface area contributed by atoms with Gasteiger partial charge in [0.25, 0.3) is 0 Å². The van der Waals surface area contributed by atoms with Gasteiger partial charge in [0.05, 0.1) is 5.54 Å². The first-order valence-corrected chi connectivity index (χ1v) is 14.0. The molecule has 0 aromatic heterocycles. The van der Waals surface area contributed by atoms with Gasteiger partial charge in [-0.3, -0.25) is 9.79 Å². The minimum absolute atomic E-state index is 0.0359. The highest BCUT2D eigenvalue weighted by Crippen LogP contribution is 2.73. The quantitative estimate of drug-likeness (QED) is 0.542. The summed E-state index contributed by atoms with van der Waals surface area (Å²) in [6, 6.07) is 0. The van der Waals surface area contributed by atoms with Crippen molar-refractivity contribution >= 4 is 33.3 Å². The number of allylic oxidation sites excluding steroid dienone is 2. The van der Waals surface area contributed by atoms with Crippen LogP contribution in [-0.2, 0) is 4.79 Å². The molecule has 2 aliphatic heterocycles. The topological polar surface area (TPSA) is 67.5 Å². The first-order valence-electron chi connectivity index (χ1n) is 11.5. The molecule has 5 unspecified atom stereocenters. The van der Waals surface area contributed by atoms with Gasteiger partial charge in [0.15, 0.2) is 11.7 Å². The van der Waals surface area contributed by atoms with Crippen molar-refractivity contribution < 1.29 is 4.79 Å². The van der Waals surface area contributed by atoms with Gasteiger partial charge in [-0.1, -0.05) is 41.0 Å². The molecule has 2 saturated carbocycles. The third kappa shape index (κ3) is 2.95. The van der Waals surface area contributed by atoms with Crippen LogP contribution in [0, 0.1) is 22.7 Å². The smallest absolute Gasteiger partial charge is 0.189 e. The molecule has 5 aliphatic rings. The second kappa shape index (κ2) is 7.22. The fourth-order valence-corrected chi connectivity index (χ4v) is 10.5. The minimum atomic E-state index is 0.0359. The Bertz CT molecular complexity index is 780. The number of hydrogen-bond acceptors (Lipinski definition) is 6. The molecule has 3 N–H and O–H groups in total. The average molecular weight is 434 g/mol. The molecule has 160 valence electrons. The van der Waals surface area contributed by atoms with Crippen LogP contribution < -0.4 is 11.1 Å². The molecule has 2 heterocycles. The molecule has 0 amide bonds. The van der Waals surface area contributed by atoms with Crippen molar-refractivity contribution in [1.29, 1.82) is 0 Å². The number of Topliss-reactive ketones (excluding diaryl/α,β-unsaturated/α-hetero) is 1. The molecule has 2 fully saturated rings. The Hall–Kier alpha value is -0.620. The van der Waals surface area contributed by atoms with Crippen LogP contribution in [0.1, 0.15) is 71.6 Å². The van der Waals surface area contributed by atoms with Gasteiger partial charge < -0.3 is 11.1 Å². The SMILES string of the molecule is CC1CCC2CC3=C4CCCC5(CCN=C(N)N5)CSSCCC2(C)C31CC4=O. The second-order valence-electron chi connectivity index (χ2n) is 10.4. The van der Waals surface area contributed by atoms with Gasteiger partial charge in [0.1, 0.15) is 0 Å². The first-order chi connectivity index (χ1) is 13.9. The maximum absolute atomic E-state index is 13.3. The number of ketones is 1. The number of carbonyl (C=O) groups excluding carboxylic acids is 1. The predicted octanol–water partition coefficient (Wildman–Crippen LogP) is 4.70. The summed E-state index contributed by atoms with van der Waals surface area (Å²) >= 11 is 0. The molecule has 0 aromatic rings. The van der Waals surface area contributed by atoms with E-state index in [2.05, 4.69) is 24.2 Å². The minimum Gasteiger partial charge on any atom is -0.370 e. The lowest BCUT2D eigenvalue weighted by Gasteiger charge is -2.53. The van der Waals surface area contributed by atoms with Crippen LogP contribution in [0.2, 0.25) is 0 Å². The monoisotopic (exact) mass is 433 g/mol. The number of guanidine groups is 1. The highest BCUT2D eigenvalue weighted by molar-refractivity contribution is 8.76. The molecule has 6 heteroatoms. The van der Waals surface area contributed by atoms with E-state index in [0.29, 0.717) is 23.1 Å². The summed E-state index contributed by atoms with van der Waals surface area (Å²) in [5.41, 5.74) is 9.40. The standard InChI is InChI=1S/C23H35N3OS2/c1-15-5-6-16-12-18-17-4-3-7-22(8-10-25-20(24)26-22)14-29-28-11-9-21(16,2)23(15,18)13-19(17)27/h15-16H,3-14H2,1-2H3,(H3,24,25,26). The molecule has 4 nitrogen and oxygen atoms in total. The lowest BCUT2D eigenvalue weighted by Crippen LogP contribution is -2.56. The van der Waals surface area contributed by atoms with Gasteiger partial charge in [-0.15, -0.1) is 0 Å². The molecule has 5 rings (SSSR count). The summed E-state index contributed by atoms with van der Waals surface area (Å²) in [5.74, 6) is 4.75. The maximum Gasteiger partial charge on any atom is 0.189 e. The largest absolute Gasteiger partial charge is 0.370 e. The van der Waals surface area contributed by atoms with Crippen molar-refractivity contribution in [2.24, 2.45) is 33.4 Å². The molecular weight excluding hydrogens is 398 g/mol. The summed E-state index contributed by atoms with van der Waals surface area (Å²) < 4.78 is 0. The van der Waals surface area contributed by atoms with E-state index in [0.717, 1.165) is 50.3 Å². The Morgan fingerprint density at radius 1 is 1.21 bits per heavy atom. The third-order valence-corrected chi connectivity index (χ3v) is 11.9. The summed E-state index contributed by atoms with van der Waals surface area (Å²) in [4.78, 5) is 17.7. The number of hydrogen-bond donors (Lipinski definition) is 2. The Kier molecular flexibility index (Phi) is 5.05. The summed E-state index contributed by atoms with van der Waals surface area (Å²) in [6.07, 6.45) is 10.0. The molecule has 5 atom stereocenters. The van der Waals surface area contributed by atoms with Gasteiger partial charge >= 0.3 is 0 Å². The zero-order chi connectivity index (χ0) is 20.3. The molecule has 2 spiro atoms. The Balaban J connectivity index is 1.49. The Morgan fingerprint density at radius 3 is 2.90 bits per heavy atom. The van der Waals surface area contributed by atoms with E-state index in [-0.39, 0.29) is 11.0 Å². The number of nitrogens with two attached hydrogens (primary N) is 1. The lowest BCUT2D eigenvalue weighted by atomic mass is 9.51. The fourth-order valence-electron chi connectivity index (χ4n) is 7.66. The first kappa shape index (κ1) is 20.3. The molecule has 0 aromatic carbocycles. The van der Waals surface area contributed by atoms with E-state index in [1.807, 2.05) is 21.6 Å². The van der Waals surface area contributed by atoms with Crippen LogP contribution in [0.3, 0.4) is 0 Å². The van der Waals surface area contributed by atoms with E-state index in [9.17, 15) is 4.79 Å². The van der Waals surface area contributed by atoms with Gasteiger partial charge in [-0.2, -0.15) is 0 Å². The second-order valence-corrected chi connectivity index (χ2v) is 13.0. The van der Waals surface area contributed by atoms with Crippen LogP contribution in [-0.4, -0.2) is 35.3 Å². The number of nitrogens with one attached hydrogen (secondary N) is 1. The number of rotatable bonds is 0. The zero-order valence-electron chi connectivity index (χ0n) is 17.9. The van der Waals surface area contributed by atoms with E-state index in [4.69, 9.17) is 5.73 Å². The zero-order valence-corrected chi connectivity index (χ0v) is 19.5. The van der Waals surface area contributed by atoms with Crippen molar-refractivity contribution in [2.75, 3.05) is 18.1 Å². The molecule has 0 saturated heterocycles. The molecule has 3 aliphatic carbocycles. The van der Waals surface area contributed by atoms with Crippen LogP contribution in [0.5, 0.6) is 0 Å². The molecule has 5 bridgehead atoms. The number of carbonyl (C=O) groups is 1. The predicted molar refractivity (Wildman–Crippen MR) is 124 cm³/mol. The van der Waals surface area contributed by atoms with Crippen molar-refractivity contribution in [2.45, 2.75) is 77.2 Å². The van der Waals surface area contributed by atoms with E-state index < -0.39 is 0 Å². The van der Waals surface area contributed by atoms with Crippen molar-refractivity contribution in [3.63, 3.8) is 0 Å². The van der Waals surface area contributed by atoms with Crippen LogP contribution >= 0.6 is 21.6 Å². The summed E-state index contributed by atoms with van der Waals surface area (Å²) in [5, 5.41) is 3.53. The normalized spacial score (nSPS) is 45.3. The molecular formula is C23H35N3OS2. The highest BCUT2D eigenvalue weighted by Gasteiger charge is 2.67. The Morgan fingerprint density at radius 2 is 2.07 bits per heavy atom. The van der Waals surface area contributed by atoms with Gasteiger partial charge in [-0.05, 0) is 74.2 Å². The van der Waals surface area contributed by atoms with Crippen molar-refractivity contribution in [3.8, 4) is 0 Å². The van der Waals surface area contributed by atoms with E-state index in [1.165, 1.54) is 37.0 Å². The van der Waals surface area contributed by atoms with Crippen molar-refractivity contribution in [1.82, 2.24) is 5.32 Å². The van der Waals surface area contributed by atoms with Crippen molar-refractivity contribution in [3.05, 3.63) is 11.1 Å². The average Bonchev–Trinajstić information content (AvgIpc) is 3.02. The van der Waals surface area contributed by atoms with Gasteiger partial charge in [0.2, 0.25) is 0 Å². The number of nitrogens with zero attached hydrogens (tertiary/aromatic N) is 1. The fraction of sp³-hybridized carbons (Fsp3) is 0.826. The van der Waals surface area contributed by atoms with Crippen LogP contribution in [0.4, 0.5) is 0 Å². The number of aliphatic imine (C=N–C) groups is 1. The van der Waals surface area contributed by atoms with E-state index in [1.54, 1.807) is 5.57 Å². The molecule has 29 heavy (non-hydrogen) atoms. The third-order valence-electron chi connectivity index (χ3n) is 9.31. The van der Waals surface area contributed by atoms with Gasteiger partial charge in [-0.25, -0.2) is 0 Å². The highest BCUT2D eigenvalue weighted by atomic mass is 33.1. The van der Waals surface area contributed by atoms with Gasteiger partial charge in [0, 0.05) is 29.9 Å². The van der Waals surface area contributed by atoms with Crippen LogP contribution in [0.15, 0.2) is 16.1 Å². The lowest BCUT2D eigenvalue weighted by molar-refractivity contribution is -0.120. The Labute approximate surface area is 183 Å². The van der Waals surface area contributed by atoms with E-state index >= 15 is 0 Å². The maximum atomic E-state index is 13.3. The summed E-state index contributed by atoms with van der Waals surface area (Å²) in [6.45, 7) is 5.80. The summed E-state index contributed by atoms with van der Waals surface area (Å²) in [7, 11) is 4.06. The van der Waals surface area contributed by atoms with Crippen LogP contribution in [0.25, 0.3) is 0 Å². The molecule has 0 radical (unpaired) electrons.